The van der Waals surface area contributed by atoms with Crippen molar-refractivity contribution >= 4 is 23.5 Å². The first-order valence-corrected chi connectivity index (χ1v) is 8.99. The Kier molecular flexibility index (Phi) is 6.23. The van der Waals surface area contributed by atoms with Crippen molar-refractivity contribution in [2.24, 2.45) is 5.92 Å². The number of carboxylic acid groups (broad SMARTS) is 1. The summed E-state index contributed by atoms with van der Waals surface area (Å²) in [6.45, 7) is 8.60. The quantitative estimate of drug-likeness (QED) is 0.676. The lowest BCUT2D eigenvalue weighted by atomic mass is 10.0. The summed E-state index contributed by atoms with van der Waals surface area (Å²) in [4.78, 5) is 36.5. The first-order valence-electron chi connectivity index (χ1n) is 8.99. The van der Waals surface area contributed by atoms with Gasteiger partial charge in [0.25, 0.3) is 5.91 Å². The van der Waals surface area contributed by atoms with E-state index in [0.29, 0.717) is 11.3 Å². The standard InChI is InChI=1S/C20H26N4O4/c1-12(2)16(23-17(25)14-8-6-13(3)7-9-14)18(26)22-15-10-21-24(11-15)20(4,5)19(27)28/h6-12,16H,1-5H3,(H,22,26)(H,23,25)(H,27,28). The van der Waals surface area contributed by atoms with Crippen LogP contribution in [0.2, 0.25) is 0 Å². The molecule has 0 bridgehead atoms. The maximum absolute atomic E-state index is 12.7. The molecule has 0 saturated heterocycles. The van der Waals surface area contributed by atoms with E-state index in [1.54, 1.807) is 12.1 Å². The van der Waals surface area contributed by atoms with Crippen LogP contribution in [0.4, 0.5) is 5.69 Å². The van der Waals surface area contributed by atoms with E-state index >= 15 is 0 Å². The van der Waals surface area contributed by atoms with E-state index in [-0.39, 0.29) is 11.8 Å². The van der Waals surface area contributed by atoms with Gasteiger partial charge < -0.3 is 15.7 Å². The monoisotopic (exact) mass is 386 g/mol. The number of carbonyl (C=O) groups excluding carboxylic acids is 2. The molecule has 1 aromatic carbocycles. The zero-order valence-corrected chi connectivity index (χ0v) is 16.7. The molecule has 8 heteroatoms. The van der Waals surface area contributed by atoms with E-state index in [2.05, 4.69) is 15.7 Å². The van der Waals surface area contributed by atoms with Gasteiger partial charge in [-0.15, -0.1) is 0 Å². The van der Waals surface area contributed by atoms with E-state index in [1.165, 1.54) is 30.9 Å². The lowest BCUT2D eigenvalue weighted by Gasteiger charge is -2.21. The average Bonchev–Trinajstić information content (AvgIpc) is 3.08. The first-order chi connectivity index (χ1) is 13.0. The highest BCUT2D eigenvalue weighted by molar-refractivity contribution is 6.01. The van der Waals surface area contributed by atoms with Crippen LogP contribution in [0.25, 0.3) is 0 Å². The minimum atomic E-state index is -1.25. The van der Waals surface area contributed by atoms with Crippen LogP contribution < -0.4 is 10.6 Å². The maximum atomic E-state index is 12.7. The highest BCUT2D eigenvalue weighted by Crippen LogP contribution is 2.18. The Morgan fingerprint density at radius 2 is 1.75 bits per heavy atom. The minimum Gasteiger partial charge on any atom is -0.479 e. The topological polar surface area (TPSA) is 113 Å². The van der Waals surface area contributed by atoms with Crippen molar-refractivity contribution < 1.29 is 19.5 Å². The molecule has 0 fully saturated rings. The van der Waals surface area contributed by atoms with Crippen molar-refractivity contribution in [2.75, 3.05) is 5.32 Å². The highest BCUT2D eigenvalue weighted by Gasteiger charge is 2.31. The maximum Gasteiger partial charge on any atom is 0.331 e. The molecular weight excluding hydrogens is 360 g/mol. The number of carbonyl (C=O) groups is 3. The molecule has 0 aliphatic rings. The van der Waals surface area contributed by atoms with Crippen LogP contribution in [0.3, 0.4) is 0 Å². The molecular formula is C20H26N4O4. The molecule has 1 unspecified atom stereocenters. The third-order valence-electron chi connectivity index (χ3n) is 4.50. The molecule has 1 heterocycles. The molecule has 0 radical (unpaired) electrons. The van der Waals surface area contributed by atoms with Gasteiger partial charge in [-0.3, -0.25) is 14.3 Å². The lowest BCUT2D eigenvalue weighted by Crippen LogP contribution is -2.47. The molecule has 2 amide bonds. The molecule has 3 N–H and O–H groups in total. The number of aromatic nitrogens is 2. The van der Waals surface area contributed by atoms with Gasteiger partial charge in [0.05, 0.1) is 11.9 Å². The number of hydrogen-bond acceptors (Lipinski definition) is 4. The van der Waals surface area contributed by atoms with Gasteiger partial charge in [0, 0.05) is 11.8 Å². The third-order valence-corrected chi connectivity index (χ3v) is 4.50. The Labute approximate surface area is 163 Å². The van der Waals surface area contributed by atoms with E-state index in [0.717, 1.165) is 5.56 Å². The number of rotatable bonds is 7. The fourth-order valence-corrected chi connectivity index (χ4v) is 2.48. The number of aliphatic carboxylic acids is 1. The molecule has 8 nitrogen and oxygen atoms in total. The van der Waals surface area contributed by atoms with Crippen molar-refractivity contribution in [3.63, 3.8) is 0 Å². The summed E-state index contributed by atoms with van der Waals surface area (Å²) in [5, 5.41) is 18.7. The van der Waals surface area contributed by atoms with Crippen LogP contribution in [-0.2, 0) is 15.1 Å². The van der Waals surface area contributed by atoms with Crippen molar-refractivity contribution in [3.05, 3.63) is 47.8 Å². The molecule has 0 aliphatic carbocycles. The zero-order valence-electron chi connectivity index (χ0n) is 16.7. The van der Waals surface area contributed by atoms with Crippen molar-refractivity contribution in [1.29, 1.82) is 0 Å². The SMILES string of the molecule is Cc1ccc(C(=O)NC(C(=O)Nc2cnn(C(C)(C)C(=O)O)c2)C(C)C)cc1. The van der Waals surface area contributed by atoms with Crippen LogP contribution in [0.15, 0.2) is 36.7 Å². The van der Waals surface area contributed by atoms with Crippen molar-refractivity contribution in [2.45, 2.75) is 46.2 Å². The summed E-state index contributed by atoms with van der Waals surface area (Å²) in [6, 6.07) is 6.32. The Morgan fingerprint density at radius 3 is 2.29 bits per heavy atom. The highest BCUT2D eigenvalue weighted by atomic mass is 16.4. The molecule has 150 valence electrons. The largest absolute Gasteiger partial charge is 0.479 e. The van der Waals surface area contributed by atoms with Crippen molar-refractivity contribution in [1.82, 2.24) is 15.1 Å². The Hall–Kier alpha value is -3.16. The van der Waals surface area contributed by atoms with Crippen LogP contribution in [-0.4, -0.2) is 38.7 Å². The predicted octanol–water partition coefficient (Wildman–Crippen LogP) is 2.40. The number of aryl methyl sites for hydroxylation is 1. The lowest BCUT2D eigenvalue weighted by molar-refractivity contribution is -0.146. The number of anilines is 1. The summed E-state index contributed by atoms with van der Waals surface area (Å²) in [5.41, 5.74) is 0.616. The predicted molar refractivity (Wildman–Crippen MR) is 105 cm³/mol. The fourth-order valence-electron chi connectivity index (χ4n) is 2.48. The second-order valence-electron chi connectivity index (χ2n) is 7.59. The number of benzene rings is 1. The van der Waals surface area contributed by atoms with Gasteiger partial charge >= 0.3 is 5.97 Å². The Balaban J connectivity index is 2.11. The van der Waals surface area contributed by atoms with Gasteiger partial charge in [-0.25, -0.2) is 4.79 Å². The molecule has 1 aromatic heterocycles. The molecule has 1 atom stereocenters. The van der Waals surface area contributed by atoms with Crippen LogP contribution in [0.1, 0.15) is 43.6 Å². The fraction of sp³-hybridized carbons (Fsp3) is 0.400. The second kappa shape index (κ2) is 8.24. The molecule has 28 heavy (non-hydrogen) atoms. The molecule has 2 rings (SSSR count). The smallest absolute Gasteiger partial charge is 0.331 e. The second-order valence-corrected chi connectivity index (χ2v) is 7.59. The van der Waals surface area contributed by atoms with Gasteiger partial charge in [0.15, 0.2) is 5.54 Å². The average molecular weight is 386 g/mol. The van der Waals surface area contributed by atoms with Crippen LogP contribution in [0.5, 0.6) is 0 Å². The minimum absolute atomic E-state index is 0.153. The first kappa shape index (κ1) is 21.1. The summed E-state index contributed by atoms with van der Waals surface area (Å²) >= 11 is 0. The van der Waals surface area contributed by atoms with Gasteiger partial charge in [-0.2, -0.15) is 5.10 Å². The van der Waals surface area contributed by atoms with E-state index < -0.39 is 23.5 Å². The number of nitrogens with zero attached hydrogens (tertiary/aromatic N) is 2. The van der Waals surface area contributed by atoms with Gasteiger partial charge in [-0.05, 0) is 38.8 Å². The summed E-state index contributed by atoms with van der Waals surface area (Å²) < 4.78 is 1.26. The molecule has 0 aliphatic heterocycles. The number of amides is 2. The number of nitrogens with one attached hydrogen (secondary N) is 2. The van der Waals surface area contributed by atoms with Gasteiger partial charge in [0.2, 0.25) is 5.91 Å². The van der Waals surface area contributed by atoms with E-state index in [9.17, 15) is 19.5 Å². The zero-order chi connectivity index (χ0) is 21.1. The molecule has 2 aromatic rings. The summed E-state index contributed by atoms with van der Waals surface area (Å²) in [7, 11) is 0. The summed E-state index contributed by atoms with van der Waals surface area (Å²) in [5.74, 6) is -1.93. The van der Waals surface area contributed by atoms with Crippen LogP contribution >= 0.6 is 0 Å². The molecule has 0 saturated carbocycles. The Morgan fingerprint density at radius 1 is 1.14 bits per heavy atom. The molecule has 0 spiro atoms. The van der Waals surface area contributed by atoms with E-state index in [1.807, 2.05) is 32.9 Å². The van der Waals surface area contributed by atoms with Crippen LogP contribution in [0, 0.1) is 12.8 Å². The van der Waals surface area contributed by atoms with Gasteiger partial charge in [0.1, 0.15) is 6.04 Å². The van der Waals surface area contributed by atoms with Crippen molar-refractivity contribution in [3.8, 4) is 0 Å². The normalized spacial score (nSPS) is 12.5. The number of carboxylic acids is 1. The summed E-state index contributed by atoms with van der Waals surface area (Å²) in [6.07, 6.45) is 2.83. The number of hydrogen-bond donors (Lipinski definition) is 3. The van der Waals surface area contributed by atoms with E-state index in [4.69, 9.17) is 0 Å². The third kappa shape index (κ3) is 4.76. The van der Waals surface area contributed by atoms with Gasteiger partial charge in [-0.1, -0.05) is 31.5 Å². The Bertz CT molecular complexity index is 869.